The van der Waals surface area contributed by atoms with Crippen LogP contribution in [-0.2, 0) is 4.74 Å². The summed E-state index contributed by atoms with van der Waals surface area (Å²) in [5, 5.41) is 0. The molecule has 2 heterocycles. The van der Waals surface area contributed by atoms with Gasteiger partial charge in [0, 0.05) is 31.3 Å². The van der Waals surface area contributed by atoms with E-state index in [-0.39, 0.29) is 6.09 Å². The van der Waals surface area contributed by atoms with Gasteiger partial charge in [0.25, 0.3) is 0 Å². The lowest BCUT2D eigenvalue weighted by molar-refractivity contribution is 0.0138. The van der Waals surface area contributed by atoms with E-state index in [1.54, 1.807) is 11.1 Å². The normalized spacial score (nSPS) is 19.2. The molecular formula is C16H24N2O3. The second-order valence-corrected chi connectivity index (χ2v) is 6.41. The minimum absolute atomic E-state index is 0.231. The number of hydrogen-bond donors (Lipinski definition) is 0. The molecule has 1 aliphatic rings. The monoisotopic (exact) mass is 292 g/mol. The molecule has 0 radical (unpaired) electrons. The Bertz CT molecular complexity index is 456. The number of aromatic nitrogens is 1. The van der Waals surface area contributed by atoms with E-state index in [1.807, 2.05) is 39.0 Å². The number of pyridine rings is 1. The zero-order chi connectivity index (χ0) is 15.3. The molecule has 1 aliphatic heterocycles. The van der Waals surface area contributed by atoms with Crippen molar-refractivity contribution < 1.29 is 14.3 Å². The molecule has 5 heteroatoms. The van der Waals surface area contributed by atoms with Crippen molar-refractivity contribution >= 4 is 6.09 Å². The average Bonchev–Trinajstić information content (AvgIpc) is 2.45. The number of amides is 1. The van der Waals surface area contributed by atoms with Gasteiger partial charge in [-0.05, 0) is 39.7 Å². The second kappa shape index (κ2) is 6.78. The fourth-order valence-electron chi connectivity index (χ4n) is 2.33. The summed E-state index contributed by atoms with van der Waals surface area (Å²) in [5.41, 5.74) is -0.450. The molecule has 0 aromatic carbocycles. The summed E-state index contributed by atoms with van der Waals surface area (Å²) < 4.78 is 11.1. The Morgan fingerprint density at radius 3 is 2.90 bits per heavy atom. The molecule has 1 fully saturated rings. The van der Waals surface area contributed by atoms with Crippen LogP contribution in [0.3, 0.4) is 0 Å². The fraction of sp³-hybridized carbons (Fsp3) is 0.625. The molecule has 0 aliphatic carbocycles. The zero-order valence-corrected chi connectivity index (χ0v) is 13.0. The van der Waals surface area contributed by atoms with Crippen LogP contribution >= 0.6 is 0 Å². The SMILES string of the molecule is CC(C)(C)OC(=O)N1CCC[C@H](COc2ccccn2)C1. The largest absolute Gasteiger partial charge is 0.477 e. The van der Waals surface area contributed by atoms with Gasteiger partial charge in [-0.3, -0.25) is 0 Å². The Morgan fingerprint density at radius 1 is 1.43 bits per heavy atom. The molecule has 0 bridgehead atoms. The van der Waals surface area contributed by atoms with Crippen LogP contribution in [0, 0.1) is 5.92 Å². The molecule has 2 rings (SSSR count). The first-order valence-corrected chi connectivity index (χ1v) is 7.46. The number of piperidine rings is 1. The van der Waals surface area contributed by atoms with Gasteiger partial charge >= 0.3 is 6.09 Å². The maximum atomic E-state index is 12.1. The fourth-order valence-corrected chi connectivity index (χ4v) is 2.33. The van der Waals surface area contributed by atoms with Gasteiger partial charge in [0.05, 0.1) is 6.61 Å². The zero-order valence-electron chi connectivity index (χ0n) is 13.0. The van der Waals surface area contributed by atoms with E-state index in [2.05, 4.69) is 4.98 Å². The number of rotatable bonds is 3. The maximum Gasteiger partial charge on any atom is 0.410 e. The standard InChI is InChI=1S/C16H24N2O3/c1-16(2,3)21-15(19)18-10-6-7-13(11-18)12-20-14-8-4-5-9-17-14/h4-5,8-9,13H,6-7,10-12H2,1-3H3/t13-/m0/s1. The third kappa shape index (κ3) is 5.25. The average molecular weight is 292 g/mol. The quantitative estimate of drug-likeness (QED) is 0.859. The summed E-state index contributed by atoms with van der Waals surface area (Å²) in [6, 6.07) is 5.60. The number of hydrogen-bond acceptors (Lipinski definition) is 4. The van der Waals surface area contributed by atoms with Crippen LogP contribution in [0.2, 0.25) is 0 Å². The number of carbonyl (C=O) groups excluding carboxylic acids is 1. The van der Waals surface area contributed by atoms with Crippen molar-refractivity contribution in [2.24, 2.45) is 5.92 Å². The smallest absolute Gasteiger partial charge is 0.410 e. The Balaban J connectivity index is 1.82. The predicted molar refractivity (Wildman–Crippen MR) is 80.3 cm³/mol. The third-order valence-corrected chi connectivity index (χ3v) is 3.28. The molecule has 0 saturated carbocycles. The van der Waals surface area contributed by atoms with Gasteiger partial charge in [-0.2, -0.15) is 0 Å². The van der Waals surface area contributed by atoms with Gasteiger partial charge in [0.2, 0.25) is 5.88 Å². The molecule has 116 valence electrons. The number of ether oxygens (including phenoxy) is 2. The molecule has 1 amide bonds. The van der Waals surface area contributed by atoms with Crippen molar-refractivity contribution in [1.29, 1.82) is 0 Å². The highest BCUT2D eigenvalue weighted by Crippen LogP contribution is 2.20. The Kier molecular flexibility index (Phi) is 5.04. The predicted octanol–water partition coefficient (Wildman–Crippen LogP) is 3.11. The van der Waals surface area contributed by atoms with Crippen LogP contribution in [-0.4, -0.2) is 41.3 Å². The molecule has 1 aromatic rings. The maximum absolute atomic E-state index is 12.1. The van der Waals surface area contributed by atoms with Crippen molar-refractivity contribution in [1.82, 2.24) is 9.88 Å². The minimum atomic E-state index is -0.450. The van der Waals surface area contributed by atoms with E-state index in [0.29, 0.717) is 24.9 Å². The lowest BCUT2D eigenvalue weighted by atomic mass is 9.99. The van der Waals surface area contributed by atoms with E-state index >= 15 is 0 Å². The van der Waals surface area contributed by atoms with Crippen molar-refractivity contribution in [3.05, 3.63) is 24.4 Å². The van der Waals surface area contributed by atoms with Crippen molar-refractivity contribution in [3.63, 3.8) is 0 Å². The highest BCUT2D eigenvalue weighted by molar-refractivity contribution is 5.68. The van der Waals surface area contributed by atoms with E-state index in [9.17, 15) is 4.79 Å². The van der Waals surface area contributed by atoms with Crippen LogP contribution in [0.25, 0.3) is 0 Å². The van der Waals surface area contributed by atoms with Gasteiger partial charge < -0.3 is 14.4 Å². The Labute approximate surface area is 126 Å². The molecule has 5 nitrogen and oxygen atoms in total. The van der Waals surface area contributed by atoms with Crippen LogP contribution < -0.4 is 4.74 Å². The van der Waals surface area contributed by atoms with E-state index in [4.69, 9.17) is 9.47 Å². The van der Waals surface area contributed by atoms with Crippen LogP contribution in [0.15, 0.2) is 24.4 Å². The van der Waals surface area contributed by atoms with Crippen molar-refractivity contribution in [2.75, 3.05) is 19.7 Å². The molecule has 0 unspecified atom stereocenters. The third-order valence-electron chi connectivity index (χ3n) is 3.28. The number of nitrogens with zero attached hydrogens (tertiary/aromatic N) is 2. The lowest BCUT2D eigenvalue weighted by Gasteiger charge is -2.33. The topological polar surface area (TPSA) is 51.7 Å². The first kappa shape index (κ1) is 15.6. The van der Waals surface area contributed by atoms with E-state index in [1.165, 1.54) is 0 Å². The highest BCUT2D eigenvalue weighted by atomic mass is 16.6. The summed E-state index contributed by atoms with van der Waals surface area (Å²) in [7, 11) is 0. The van der Waals surface area contributed by atoms with Gasteiger partial charge in [0.1, 0.15) is 5.60 Å². The second-order valence-electron chi connectivity index (χ2n) is 6.41. The van der Waals surface area contributed by atoms with Gasteiger partial charge in [-0.1, -0.05) is 6.07 Å². The molecule has 1 atom stereocenters. The van der Waals surface area contributed by atoms with Gasteiger partial charge in [-0.15, -0.1) is 0 Å². The Hall–Kier alpha value is -1.78. The minimum Gasteiger partial charge on any atom is -0.477 e. The number of carbonyl (C=O) groups is 1. The molecule has 1 saturated heterocycles. The molecule has 0 N–H and O–H groups in total. The molecule has 0 spiro atoms. The van der Waals surface area contributed by atoms with Crippen molar-refractivity contribution in [2.45, 2.75) is 39.2 Å². The van der Waals surface area contributed by atoms with E-state index in [0.717, 1.165) is 19.4 Å². The van der Waals surface area contributed by atoms with Gasteiger partial charge in [-0.25, -0.2) is 9.78 Å². The van der Waals surface area contributed by atoms with Crippen molar-refractivity contribution in [3.8, 4) is 5.88 Å². The first-order valence-electron chi connectivity index (χ1n) is 7.46. The van der Waals surface area contributed by atoms with E-state index < -0.39 is 5.60 Å². The molecule has 1 aromatic heterocycles. The molecular weight excluding hydrogens is 268 g/mol. The van der Waals surface area contributed by atoms with Gasteiger partial charge in [0.15, 0.2) is 0 Å². The summed E-state index contributed by atoms with van der Waals surface area (Å²) in [4.78, 5) is 18.0. The van der Waals surface area contributed by atoms with Crippen LogP contribution in [0.1, 0.15) is 33.6 Å². The number of likely N-dealkylation sites (tertiary alicyclic amines) is 1. The summed E-state index contributed by atoms with van der Waals surface area (Å²) in [5.74, 6) is 0.958. The first-order chi connectivity index (χ1) is 9.94. The Morgan fingerprint density at radius 2 is 2.24 bits per heavy atom. The van der Waals surface area contributed by atoms with Crippen LogP contribution in [0.4, 0.5) is 4.79 Å². The summed E-state index contributed by atoms with van der Waals surface area (Å²) in [6.45, 7) is 7.68. The van der Waals surface area contributed by atoms with Crippen LogP contribution in [0.5, 0.6) is 5.88 Å². The summed E-state index contributed by atoms with van der Waals surface area (Å²) >= 11 is 0. The highest BCUT2D eigenvalue weighted by Gasteiger charge is 2.27. The molecule has 21 heavy (non-hydrogen) atoms. The summed E-state index contributed by atoms with van der Waals surface area (Å²) in [6.07, 6.45) is 3.52. The lowest BCUT2D eigenvalue weighted by Crippen LogP contribution is -2.44.